The highest BCUT2D eigenvalue weighted by Crippen LogP contribution is 2.40. The molecule has 0 aliphatic carbocycles. The van der Waals surface area contributed by atoms with Crippen molar-refractivity contribution in [2.45, 2.75) is 19.3 Å². The maximum Gasteiger partial charge on any atom is 0.435 e. The van der Waals surface area contributed by atoms with E-state index in [4.69, 9.17) is 0 Å². The second-order valence-corrected chi connectivity index (χ2v) is 4.08. The van der Waals surface area contributed by atoms with Crippen molar-refractivity contribution >= 4 is 5.71 Å². The summed E-state index contributed by atoms with van der Waals surface area (Å²) in [4.78, 5) is 0. The molecule has 1 heterocycles. The van der Waals surface area contributed by atoms with Gasteiger partial charge in [-0.25, -0.2) is 0 Å². The molecule has 1 aromatic rings. The minimum Gasteiger partial charge on any atom is -0.166 e. The second kappa shape index (κ2) is 4.53. The van der Waals surface area contributed by atoms with Gasteiger partial charge in [0.05, 0.1) is 0 Å². The third-order valence-corrected chi connectivity index (χ3v) is 2.68. The van der Waals surface area contributed by atoms with Crippen molar-refractivity contribution in [1.82, 2.24) is 5.43 Å². The molecule has 0 amide bonds. The molecule has 1 radical (unpaired) electrons. The number of alkyl halides is 6. The molecule has 0 fully saturated rings. The average Bonchev–Trinajstić information content (AvgIpc) is 2.73. The molecular weight excluding hydrogens is 286 g/mol. The summed E-state index contributed by atoms with van der Waals surface area (Å²) in [7, 11) is 0. The second-order valence-electron chi connectivity index (χ2n) is 4.08. The minimum atomic E-state index is -5.21. The van der Waals surface area contributed by atoms with Gasteiger partial charge in [0.1, 0.15) is 11.3 Å². The standard InChI is InChI=1S/C12H7F6N2/c1-6-4-2-3-5-7(6)9-8(11(13,14)15)10(20-19-9)12(16,17)18/h2-5H,1H3. The summed E-state index contributed by atoms with van der Waals surface area (Å²) in [6, 6.07) is 5.74. The van der Waals surface area contributed by atoms with Crippen molar-refractivity contribution in [3.8, 4) is 0 Å². The fourth-order valence-electron chi connectivity index (χ4n) is 1.81. The first-order chi connectivity index (χ1) is 9.12. The van der Waals surface area contributed by atoms with Gasteiger partial charge in [-0.15, -0.1) is 10.5 Å². The van der Waals surface area contributed by atoms with Gasteiger partial charge in [0.15, 0.2) is 5.70 Å². The highest BCUT2D eigenvalue weighted by atomic mass is 19.4. The van der Waals surface area contributed by atoms with Crippen LogP contribution in [0.3, 0.4) is 0 Å². The summed E-state index contributed by atoms with van der Waals surface area (Å²) < 4.78 is 76.5. The average molecular weight is 293 g/mol. The lowest BCUT2D eigenvalue weighted by Gasteiger charge is -2.14. The summed E-state index contributed by atoms with van der Waals surface area (Å²) in [5.41, 5.74) is -1.63. The SMILES string of the molecule is Cc1ccccc1C1=N[N]C(C(F)(F)F)=C1C(F)(F)F. The lowest BCUT2D eigenvalue weighted by Crippen LogP contribution is -2.26. The zero-order chi connectivity index (χ0) is 15.1. The largest absolute Gasteiger partial charge is 0.435 e. The first-order valence-electron chi connectivity index (χ1n) is 5.36. The van der Waals surface area contributed by atoms with Gasteiger partial charge in [-0.1, -0.05) is 24.3 Å². The number of nitrogens with zero attached hydrogens (tertiary/aromatic N) is 2. The molecule has 1 aromatic carbocycles. The maximum absolute atomic E-state index is 12.9. The maximum atomic E-state index is 12.9. The number of aryl methyl sites for hydroxylation is 1. The van der Waals surface area contributed by atoms with Crippen LogP contribution in [0.4, 0.5) is 26.3 Å². The minimum absolute atomic E-state index is 0.0252. The van der Waals surface area contributed by atoms with E-state index >= 15 is 0 Å². The van der Waals surface area contributed by atoms with Gasteiger partial charge in [-0.2, -0.15) is 26.3 Å². The molecule has 1 aliphatic heterocycles. The van der Waals surface area contributed by atoms with Gasteiger partial charge >= 0.3 is 12.4 Å². The Morgan fingerprint density at radius 1 is 0.900 bits per heavy atom. The summed E-state index contributed by atoms with van der Waals surface area (Å²) in [5.74, 6) is 0. The Bertz CT molecular complexity index is 595. The Hall–Kier alpha value is -1.99. The molecule has 0 N–H and O–H groups in total. The molecular formula is C12H7F6N2. The summed E-state index contributed by atoms with van der Waals surface area (Å²) in [6.45, 7) is 1.48. The third-order valence-electron chi connectivity index (χ3n) is 2.68. The molecule has 1 aliphatic rings. The molecule has 0 spiro atoms. The van der Waals surface area contributed by atoms with E-state index in [1.807, 2.05) is 0 Å². The van der Waals surface area contributed by atoms with E-state index in [9.17, 15) is 26.3 Å². The molecule has 2 rings (SSSR count). The summed E-state index contributed by atoms with van der Waals surface area (Å²) in [5, 5.41) is 3.09. The number of allylic oxidation sites excluding steroid dienone is 2. The van der Waals surface area contributed by atoms with Crippen molar-refractivity contribution in [2.75, 3.05) is 0 Å². The smallest absolute Gasteiger partial charge is 0.166 e. The Morgan fingerprint density at radius 3 is 2.00 bits per heavy atom. The van der Waals surface area contributed by atoms with Crippen LogP contribution in [0.2, 0.25) is 0 Å². The lowest BCUT2D eigenvalue weighted by atomic mass is 9.97. The van der Waals surface area contributed by atoms with Crippen LogP contribution in [0.1, 0.15) is 11.1 Å². The molecule has 0 aromatic heterocycles. The van der Waals surface area contributed by atoms with Crippen molar-refractivity contribution in [3.63, 3.8) is 0 Å². The van der Waals surface area contributed by atoms with Crippen LogP contribution in [0.15, 0.2) is 40.6 Å². The van der Waals surface area contributed by atoms with Gasteiger partial charge in [0, 0.05) is 5.56 Å². The van der Waals surface area contributed by atoms with E-state index in [1.54, 1.807) is 6.07 Å². The van der Waals surface area contributed by atoms with Crippen LogP contribution in [0.25, 0.3) is 0 Å². The predicted molar refractivity (Wildman–Crippen MR) is 59.0 cm³/mol. The van der Waals surface area contributed by atoms with E-state index in [0.29, 0.717) is 5.56 Å². The Labute approximate surface area is 109 Å². The first kappa shape index (κ1) is 14.4. The van der Waals surface area contributed by atoms with E-state index in [0.717, 1.165) is 0 Å². The van der Waals surface area contributed by atoms with E-state index in [1.165, 1.54) is 25.1 Å². The molecule has 0 unspecified atom stereocenters. The highest BCUT2D eigenvalue weighted by Gasteiger charge is 2.52. The fourth-order valence-corrected chi connectivity index (χ4v) is 1.81. The van der Waals surface area contributed by atoms with Crippen LogP contribution in [0.5, 0.6) is 0 Å². The predicted octanol–water partition coefficient (Wildman–Crippen LogP) is 3.70. The monoisotopic (exact) mass is 293 g/mol. The number of benzene rings is 1. The summed E-state index contributed by atoms with van der Waals surface area (Å²) >= 11 is 0. The molecule has 107 valence electrons. The van der Waals surface area contributed by atoms with Gasteiger partial charge in [-0.05, 0) is 12.5 Å². The Balaban J connectivity index is 2.62. The van der Waals surface area contributed by atoms with Crippen molar-refractivity contribution in [2.24, 2.45) is 5.10 Å². The Morgan fingerprint density at radius 2 is 1.50 bits per heavy atom. The van der Waals surface area contributed by atoms with E-state index in [-0.39, 0.29) is 5.56 Å². The fraction of sp³-hybridized carbons (Fsp3) is 0.250. The van der Waals surface area contributed by atoms with Crippen LogP contribution < -0.4 is 5.43 Å². The van der Waals surface area contributed by atoms with Gasteiger partial charge in [-0.3, -0.25) is 0 Å². The molecule has 20 heavy (non-hydrogen) atoms. The van der Waals surface area contributed by atoms with Gasteiger partial charge < -0.3 is 0 Å². The topological polar surface area (TPSA) is 26.5 Å². The van der Waals surface area contributed by atoms with Crippen LogP contribution in [0, 0.1) is 6.92 Å². The lowest BCUT2D eigenvalue weighted by molar-refractivity contribution is -0.114. The highest BCUT2D eigenvalue weighted by molar-refractivity contribution is 6.15. The number of hydrogen-bond donors (Lipinski definition) is 0. The molecule has 0 saturated carbocycles. The molecule has 0 saturated heterocycles. The zero-order valence-electron chi connectivity index (χ0n) is 9.97. The van der Waals surface area contributed by atoms with Crippen molar-refractivity contribution in [3.05, 3.63) is 46.7 Å². The number of halogens is 6. The van der Waals surface area contributed by atoms with E-state index < -0.39 is 29.3 Å². The molecule has 2 nitrogen and oxygen atoms in total. The summed E-state index contributed by atoms with van der Waals surface area (Å²) in [6.07, 6.45) is -10.4. The number of rotatable bonds is 1. The molecule has 0 bridgehead atoms. The first-order valence-corrected chi connectivity index (χ1v) is 5.36. The molecule has 8 heteroatoms. The zero-order valence-corrected chi connectivity index (χ0v) is 9.97. The Kier molecular flexibility index (Phi) is 3.27. The molecule has 0 atom stereocenters. The van der Waals surface area contributed by atoms with Gasteiger partial charge in [0.25, 0.3) is 0 Å². The quantitative estimate of drug-likeness (QED) is 0.706. The van der Waals surface area contributed by atoms with Crippen LogP contribution in [-0.4, -0.2) is 18.1 Å². The van der Waals surface area contributed by atoms with Crippen molar-refractivity contribution < 1.29 is 26.3 Å². The third kappa shape index (κ3) is 2.50. The normalized spacial score (nSPS) is 16.2. The number of hydrogen-bond acceptors (Lipinski definition) is 1. The van der Waals surface area contributed by atoms with Crippen molar-refractivity contribution in [1.29, 1.82) is 0 Å². The van der Waals surface area contributed by atoms with Crippen LogP contribution in [-0.2, 0) is 0 Å². The van der Waals surface area contributed by atoms with Gasteiger partial charge in [0.2, 0.25) is 0 Å². The van der Waals surface area contributed by atoms with Crippen LogP contribution >= 0.6 is 0 Å². The van der Waals surface area contributed by atoms with E-state index in [2.05, 4.69) is 10.5 Å².